The fraction of sp³-hybridized carbons (Fsp3) is 0.571. The summed E-state index contributed by atoms with van der Waals surface area (Å²) in [4.78, 5) is 2.53. The number of benzene rings is 1. The lowest BCUT2D eigenvalue weighted by atomic mass is 9.99. The maximum absolute atomic E-state index is 11.9. The lowest BCUT2D eigenvalue weighted by molar-refractivity contribution is 0.450. The highest BCUT2D eigenvalue weighted by atomic mass is 32.2. The van der Waals surface area contributed by atoms with Crippen molar-refractivity contribution in [2.45, 2.75) is 43.5 Å². The van der Waals surface area contributed by atoms with Crippen LogP contribution in [0.4, 0.5) is 11.4 Å². The molecule has 112 valence electrons. The molecule has 0 saturated carbocycles. The average molecular weight is 297 g/mol. The molecule has 1 saturated heterocycles. The normalized spacial score (nSPS) is 20.1. The fourth-order valence-corrected chi connectivity index (χ4v) is 3.55. The van der Waals surface area contributed by atoms with Crippen LogP contribution in [0.15, 0.2) is 23.1 Å². The van der Waals surface area contributed by atoms with Gasteiger partial charge in [0, 0.05) is 12.6 Å². The Morgan fingerprint density at radius 2 is 2.15 bits per heavy atom. The van der Waals surface area contributed by atoms with E-state index in [2.05, 4.69) is 16.5 Å². The van der Waals surface area contributed by atoms with Gasteiger partial charge in [0.1, 0.15) is 0 Å². The van der Waals surface area contributed by atoms with Gasteiger partial charge >= 0.3 is 0 Å². The lowest BCUT2D eigenvalue weighted by Crippen LogP contribution is -2.39. The molecule has 0 bridgehead atoms. The molecule has 0 aliphatic carbocycles. The molecule has 6 heteroatoms. The van der Waals surface area contributed by atoms with Gasteiger partial charge in [0.05, 0.1) is 16.3 Å². The minimum absolute atomic E-state index is 0.268. The highest BCUT2D eigenvalue weighted by Crippen LogP contribution is 2.32. The summed E-state index contributed by atoms with van der Waals surface area (Å²) in [5.74, 6) is 0. The Bertz CT molecular complexity index is 572. The van der Waals surface area contributed by atoms with Crippen molar-refractivity contribution in [2.75, 3.05) is 24.2 Å². The van der Waals surface area contributed by atoms with Gasteiger partial charge in [-0.2, -0.15) is 0 Å². The van der Waals surface area contributed by atoms with E-state index in [-0.39, 0.29) is 4.90 Å². The van der Waals surface area contributed by atoms with Crippen LogP contribution in [-0.4, -0.2) is 28.1 Å². The number of nitrogen functional groups attached to an aromatic ring is 1. The van der Waals surface area contributed by atoms with Gasteiger partial charge in [-0.05, 0) is 50.9 Å². The second-order valence-electron chi connectivity index (χ2n) is 5.18. The molecule has 1 aromatic carbocycles. The molecule has 0 aromatic heterocycles. The van der Waals surface area contributed by atoms with E-state index in [1.54, 1.807) is 18.2 Å². The number of nitrogens with one attached hydrogen (secondary N) is 1. The molecule has 1 unspecified atom stereocenters. The topological polar surface area (TPSA) is 75.4 Å². The first-order valence-electron chi connectivity index (χ1n) is 7.09. The van der Waals surface area contributed by atoms with Crippen molar-refractivity contribution < 1.29 is 8.42 Å². The van der Waals surface area contributed by atoms with Crippen molar-refractivity contribution in [3.05, 3.63) is 18.2 Å². The van der Waals surface area contributed by atoms with Crippen molar-refractivity contribution in [3.8, 4) is 0 Å². The molecule has 1 aromatic rings. The van der Waals surface area contributed by atoms with E-state index < -0.39 is 10.0 Å². The largest absolute Gasteiger partial charge is 0.397 e. The molecule has 20 heavy (non-hydrogen) atoms. The highest BCUT2D eigenvalue weighted by molar-refractivity contribution is 7.89. The van der Waals surface area contributed by atoms with Crippen LogP contribution in [0.2, 0.25) is 0 Å². The van der Waals surface area contributed by atoms with E-state index in [1.165, 1.54) is 13.5 Å². The zero-order valence-electron chi connectivity index (χ0n) is 12.1. The Balaban J connectivity index is 2.42. The summed E-state index contributed by atoms with van der Waals surface area (Å²) in [7, 11) is -2.01. The molecule has 2 rings (SSSR count). The van der Waals surface area contributed by atoms with Crippen LogP contribution in [0.25, 0.3) is 0 Å². The van der Waals surface area contributed by atoms with Gasteiger partial charge in [0.15, 0.2) is 0 Å². The lowest BCUT2D eigenvalue weighted by Gasteiger charge is -2.38. The van der Waals surface area contributed by atoms with Crippen molar-refractivity contribution in [2.24, 2.45) is 0 Å². The Kier molecular flexibility index (Phi) is 4.55. The molecule has 0 spiro atoms. The van der Waals surface area contributed by atoms with Crippen LogP contribution in [0.5, 0.6) is 0 Å². The predicted octanol–water partition coefficient (Wildman–Crippen LogP) is 1.95. The Morgan fingerprint density at radius 3 is 2.80 bits per heavy atom. The van der Waals surface area contributed by atoms with E-state index in [0.29, 0.717) is 11.7 Å². The first-order chi connectivity index (χ1) is 9.49. The minimum Gasteiger partial charge on any atom is -0.397 e. The maximum Gasteiger partial charge on any atom is 0.240 e. The van der Waals surface area contributed by atoms with Crippen LogP contribution in [0, 0.1) is 0 Å². The van der Waals surface area contributed by atoms with E-state index in [0.717, 1.165) is 31.5 Å². The maximum atomic E-state index is 11.9. The van der Waals surface area contributed by atoms with Gasteiger partial charge in [-0.1, -0.05) is 6.92 Å². The summed E-state index contributed by atoms with van der Waals surface area (Å²) in [6.07, 6.45) is 4.53. The van der Waals surface area contributed by atoms with Crippen molar-refractivity contribution >= 4 is 21.4 Å². The van der Waals surface area contributed by atoms with Gasteiger partial charge in [-0.25, -0.2) is 13.1 Å². The zero-order valence-corrected chi connectivity index (χ0v) is 12.9. The number of anilines is 2. The predicted molar refractivity (Wildman–Crippen MR) is 82.4 cm³/mol. The SMILES string of the molecule is CCC1CCCCN1c1cc(S(=O)(=O)NC)ccc1N. The minimum atomic E-state index is -3.43. The number of hydrogen-bond acceptors (Lipinski definition) is 4. The van der Waals surface area contributed by atoms with E-state index in [9.17, 15) is 8.42 Å². The van der Waals surface area contributed by atoms with Crippen LogP contribution < -0.4 is 15.4 Å². The van der Waals surface area contributed by atoms with Crippen LogP contribution in [0.3, 0.4) is 0 Å². The van der Waals surface area contributed by atoms with E-state index in [1.807, 2.05) is 0 Å². The van der Waals surface area contributed by atoms with E-state index in [4.69, 9.17) is 5.73 Å². The van der Waals surface area contributed by atoms with Gasteiger partial charge in [-0.3, -0.25) is 0 Å². The highest BCUT2D eigenvalue weighted by Gasteiger charge is 2.24. The standard InChI is InChI=1S/C14H23N3O2S/c1-3-11-6-4-5-9-17(11)14-10-12(7-8-13(14)15)20(18,19)16-2/h7-8,10-11,16H,3-6,9,15H2,1-2H3. The number of rotatable bonds is 4. The zero-order chi connectivity index (χ0) is 14.8. The molecular weight excluding hydrogens is 274 g/mol. The smallest absolute Gasteiger partial charge is 0.240 e. The first kappa shape index (κ1) is 15.1. The van der Waals surface area contributed by atoms with Crippen molar-refractivity contribution in [1.82, 2.24) is 4.72 Å². The van der Waals surface area contributed by atoms with Crippen LogP contribution >= 0.6 is 0 Å². The summed E-state index contributed by atoms with van der Waals surface area (Å²) in [6, 6.07) is 5.37. The van der Waals surface area contributed by atoms with E-state index >= 15 is 0 Å². The summed E-state index contributed by atoms with van der Waals surface area (Å²) >= 11 is 0. The second kappa shape index (κ2) is 6.01. The number of nitrogens with two attached hydrogens (primary N) is 1. The third-order valence-electron chi connectivity index (χ3n) is 3.99. The molecule has 1 heterocycles. The van der Waals surface area contributed by atoms with Gasteiger partial charge in [-0.15, -0.1) is 0 Å². The molecule has 1 aliphatic rings. The number of hydrogen-bond donors (Lipinski definition) is 2. The molecule has 0 amide bonds. The molecule has 5 nitrogen and oxygen atoms in total. The number of sulfonamides is 1. The summed E-state index contributed by atoms with van der Waals surface area (Å²) < 4.78 is 26.2. The molecule has 0 radical (unpaired) electrons. The van der Waals surface area contributed by atoms with Crippen LogP contribution in [-0.2, 0) is 10.0 Å². The summed E-state index contributed by atoms with van der Waals surface area (Å²) in [5, 5.41) is 0. The van der Waals surface area contributed by atoms with Gasteiger partial charge < -0.3 is 10.6 Å². The first-order valence-corrected chi connectivity index (χ1v) is 8.57. The third kappa shape index (κ3) is 2.91. The second-order valence-corrected chi connectivity index (χ2v) is 7.07. The van der Waals surface area contributed by atoms with Gasteiger partial charge in [0.25, 0.3) is 0 Å². The average Bonchev–Trinajstić information content (AvgIpc) is 2.47. The summed E-state index contributed by atoms with van der Waals surface area (Å²) in [5.41, 5.74) is 7.54. The van der Waals surface area contributed by atoms with Crippen molar-refractivity contribution in [3.63, 3.8) is 0 Å². The molecule has 1 atom stereocenters. The quantitative estimate of drug-likeness (QED) is 0.833. The number of piperidine rings is 1. The summed E-state index contributed by atoms with van der Waals surface area (Å²) in [6.45, 7) is 3.10. The van der Waals surface area contributed by atoms with Crippen molar-refractivity contribution in [1.29, 1.82) is 0 Å². The molecular formula is C14H23N3O2S. The number of nitrogens with zero attached hydrogens (tertiary/aromatic N) is 1. The Morgan fingerprint density at radius 1 is 1.40 bits per heavy atom. The monoisotopic (exact) mass is 297 g/mol. The molecule has 1 fully saturated rings. The van der Waals surface area contributed by atoms with Gasteiger partial charge in [0.2, 0.25) is 10.0 Å². The Hall–Kier alpha value is -1.27. The molecule has 3 N–H and O–H groups in total. The molecule has 1 aliphatic heterocycles. The Labute approximate surface area is 121 Å². The third-order valence-corrected chi connectivity index (χ3v) is 5.40. The van der Waals surface area contributed by atoms with Crippen LogP contribution in [0.1, 0.15) is 32.6 Å². The fourth-order valence-electron chi connectivity index (χ4n) is 2.80.